The molecular weight excluding hydrogens is 348 g/mol. The first-order chi connectivity index (χ1) is 11.5. The van der Waals surface area contributed by atoms with Gasteiger partial charge in [-0.25, -0.2) is 9.67 Å². The van der Waals surface area contributed by atoms with Gasteiger partial charge < -0.3 is 14.6 Å². The van der Waals surface area contributed by atoms with Crippen LogP contribution in [0.1, 0.15) is 5.56 Å². The molecule has 0 aliphatic heterocycles. The lowest BCUT2D eigenvalue weighted by atomic mass is 10.1. The maximum atomic E-state index is 10.7. The fraction of sp³-hybridized carbons (Fsp3) is 0.250. The number of aliphatic carboxylic acids is 1. The largest absolute Gasteiger partial charge is 0.493 e. The van der Waals surface area contributed by atoms with Crippen molar-refractivity contribution in [2.24, 2.45) is 0 Å². The number of hydrogen-bond acceptors (Lipinski definition) is 6. The van der Waals surface area contributed by atoms with E-state index in [0.29, 0.717) is 22.9 Å². The molecule has 0 bridgehead atoms. The van der Waals surface area contributed by atoms with Gasteiger partial charge in [-0.1, -0.05) is 5.21 Å². The molecule has 0 amide bonds. The summed E-state index contributed by atoms with van der Waals surface area (Å²) in [5, 5.41) is 17.5. The van der Waals surface area contributed by atoms with Gasteiger partial charge in [0.25, 0.3) is 0 Å². The normalized spacial score (nSPS) is 10.4. The Balaban J connectivity index is 0.00000225. The number of halogens is 1. The molecular formula is C16H17ClN4O4. The molecule has 0 unspecified atom stereocenters. The van der Waals surface area contributed by atoms with Gasteiger partial charge in [0.2, 0.25) is 0 Å². The van der Waals surface area contributed by atoms with Gasteiger partial charge in [-0.15, -0.1) is 17.5 Å². The SMILES string of the molecule is COc1ccc2nc(-c3cn(CC(=O)O)nn3)cc(C)c2c1OC.Cl. The van der Waals surface area contributed by atoms with Gasteiger partial charge in [0, 0.05) is 5.39 Å². The summed E-state index contributed by atoms with van der Waals surface area (Å²) in [5.41, 5.74) is 2.80. The zero-order valence-corrected chi connectivity index (χ0v) is 14.7. The van der Waals surface area contributed by atoms with Gasteiger partial charge in [-0.05, 0) is 30.7 Å². The number of aromatic nitrogens is 4. The molecule has 1 aromatic carbocycles. The molecule has 0 spiro atoms. The summed E-state index contributed by atoms with van der Waals surface area (Å²) in [6, 6.07) is 5.49. The third-order valence-corrected chi connectivity index (χ3v) is 3.61. The molecule has 0 atom stereocenters. The van der Waals surface area contributed by atoms with Crippen molar-refractivity contribution in [2.75, 3.05) is 14.2 Å². The Bertz CT molecular complexity index is 926. The van der Waals surface area contributed by atoms with Crippen LogP contribution in [0, 0.1) is 6.92 Å². The molecule has 3 aromatic rings. The number of aryl methyl sites for hydroxylation is 1. The predicted molar refractivity (Wildman–Crippen MR) is 93.5 cm³/mol. The van der Waals surface area contributed by atoms with Crippen LogP contribution in [-0.4, -0.2) is 45.3 Å². The number of nitrogens with zero attached hydrogens (tertiary/aromatic N) is 4. The van der Waals surface area contributed by atoms with E-state index >= 15 is 0 Å². The third kappa shape index (κ3) is 3.48. The molecule has 2 aromatic heterocycles. The minimum absolute atomic E-state index is 0. The first kappa shape index (κ1) is 18.5. The van der Waals surface area contributed by atoms with Crippen LogP contribution >= 0.6 is 12.4 Å². The maximum absolute atomic E-state index is 10.7. The highest BCUT2D eigenvalue weighted by atomic mass is 35.5. The van der Waals surface area contributed by atoms with E-state index in [2.05, 4.69) is 15.3 Å². The van der Waals surface area contributed by atoms with Crippen molar-refractivity contribution in [1.82, 2.24) is 20.0 Å². The van der Waals surface area contributed by atoms with E-state index in [0.717, 1.165) is 16.5 Å². The van der Waals surface area contributed by atoms with Crippen LogP contribution in [0.15, 0.2) is 24.4 Å². The molecule has 9 heteroatoms. The number of hydrogen-bond donors (Lipinski definition) is 1. The Morgan fingerprint density at radius 3 is 2.64 bits per heavy atom. The standard InChI is InChI=1S/C16H16N4O4.ClH/c1-9-6-11(12-7-20(19-18-12)8-14(21)22)17-10-4-5-13(23-2)16(24-3)15(9)10;/h4-7H,8H2,1-3H3,(H,21,22);1H. The highest BCUT2D eigenvalue weighted by molar-refractivity contribution is 5.92. The summed E-state index contributed by atoms with van der Waals surface area (Å²) in [6.45, 7) is 1.70. The van der Waals surface area contributed by atoms with Gasteiger partial charge in [-0.2, -0.15) is 0 Å². The van der Waals surface area contributed by atoms with Crippen LogP contribution in [0.5, 0.6) is 11.5 Å². The molecule has 0 fully saturated rings. The lowest BCUT2D eigenvalue weighted by Gasteiger charge is -2.12. The van der Waals surface area contributed by atoms with Crippen molar-refractivity contribution < 1.29 is 19.4 Å². The number of fused-ring (bicyclic) bond motifs is 1. The number of benzene rings is 1. The van der Waals surface area contributed by atoms with Gasteiger partial charge in [0.05, 0.1) is 31.6 Å². The van der Waals surface area contributed by atoms with E-state index < -0.39 is 5.97 Å². The molecule has 132 valence electrons. The second-order valence-corrected chi connectivity index (χ2v) is 5.21. The van der Waals surface area contributed by atoms with Gasteiger partial charge in [0.1, 0.15) is 12.2 Å². The summed E-state index contributed by atoms with van der Waals surface area (Å²) in [6.07, 6.45) is 1.56. The predicted octanol–water partition coefficient (Wildman–Crippen LogP) is 2.33. The topological polar surface area (TPSA) is 99.4 Å². The second kappa shape index (κ2) is 7.35. The zero-order chi connectivity index (χ0) is 17.3. The van der Waals surface area contributed by atoms with E-state index in [9.17, 15) is 4.79 Å². The van der Waals surface area contributed by atoms with Crippen LogP contribution in [0.4, 0.5) is 0 Å². The Morgan fingerprint density at radius 1 is 1.24 bits per heavy atom. The molecule has 0 aliphatic rings. The van der Waals surface area contributed by atoms with E-state index in [1.807, 2.05) is 19.1 Å². The minimum atomic E-state index is -0.981. The van der Waals surface area contributed by atoms with E-state index in [1.54, 1.807) is 26.5 Å². The van der Waals surface area contributed by atoms with Crippen molar-refractivity contribution >= 4 is 29.3 Å². The van der Waals surface area contributed by atoms with Gasteiger partial charge in [0.15, 0.2) is 11.5 Å². The quantitative estimate of drug-likeness (QED) is 0.741. The van der Waals surface area contributed by atoms with Crippen molar-refractivity contribution in [3.63, 3.8) is 0 Å². The zero-order valence-electron chi connectivity index (χ0n) is 13.9. The minimum Gasteiger partial charge on any atom is -0.493 e. The monoisotopic (exact) mass is 364 g/mol. The highest BCUT2D eigenvalue weighted by Gasteiger charge is 2.15. The number of ether oxygens (including phenoxy) is 2. The summed E-state index contributed by atoms with van der Waals surface area (Å²) in [5.74, 6) is 0.280. The highest BCUT2D eigenvalue weighted by Crippen LogP contribution is 2.37. The van der Waals surface area contributed by atoms with Crippen molar-refractivity contribution in [2.45, 2.75) is 13.5 Å². The number of rotatable bonds is 5. The van der Waals surface area contributed by atoms with Crippen LogP contribution in [0.3, 0.4) is 0 Å². The van der Waals surface area contributed by atoms with Crippen molar-refractivity contribution in [3.8, 4) is 22.9 Å². The average molecular weight is 365 g/mol. The summed E-state index contributed by atoms with van der Waals surface area (Å²) in [4.78, 5) is 15.3. The number of carboxylic acids is 1. The maximum Gasteiger partial charge on any atom is 0.325 e. The Labute approximate surface area is 149 Å². The second-order valence-electron chi connectivity index (χ2n) is 5.21. The van der Waals surface area contributed by atoms with Crippen LogP contribution in [-0.2, 0) is 11.3 Å². The first-order valence-electron chi connectivity index (χ1n) is 7.18. The lowest BCUT2D eigenvalue weighted by molar-refractivity contribution is -0.137. The molecule has 0 aliphatic carbocycles. The number of carbonyl (C=O) groups is 1. The summed E-state index contributed by atoms with van der Waals surface area (Å²) >= 11 is 0. The van der Waals surface area contributed by atoms with Gasteiger partial charge in [-0.3, -0.25) is 4.79 Å². The third-order valence-electron chi connectivity index (χ3n) is 3.61. The molecule has 1 N–H and O–H groups in total. The number of carboxylic acid groups (broad SMARTS) is 1. The van der Waals surface area contributed by atoms with Crippen LogP contribution in [0.2, 0.25) is 0 Å². The Morgan fingerprint density at radius 2 is 2.00 bits per heavy atom. The molecule has 0 saturated heterocycles. The fourth-order valence-electron chi connectivity index (χ4n) is 2.59. The number of methoxy groups -OCH3 is 2. The Hall–Kier alpha value is -2.87. The number of pyridine rings is 1. The van der Waals surface area contributed by atoms with Crippen LogP contribution in [0.25, 0.3) is 22.3 Å². The van der Waals surface area contributed by atoms with Gasteiger partial charge >= 0.3 is 5.97 Å². The summed E-state index contributed by atoms with van der Waals surface area (Å²) in [7, 11) is 3.17. The van der Waals surface area contributed by atoms with E-state index in [4.69, 9.17) is 14.6 Å². The lowest BCUT2D eigenvalue weighted by Crippen LogP contribution is -2.08. The fourth-order valence-corrected chi connectivity index (χ4v) is 2.59. The molecule has 0 saturated carbocycles. The van der Waals surface area contributed by atoms with Crippen molar-refractivity contribution in [1.29, 1.82) is 0 Å². The van der Waals surface area contributed by atoms with Crippen molar-refractivity contribution in [3.05, 3.63) is 30.0 Å². The Kier molecular flexibility index (Phi) is 5.43. The van der Waals surface area contributed by atoms with E-state index in [1.165, 1.54) is 4.68 Å². The molecule has 3 rings (SSSR count). The molecule has 0 radical (unpaired) electrons. The summed E-state index contributed by atoms with van der Waals surface area (Å²) < 4.78 is 12.0. The molecule has 2 heterocycles. The smallest absolute Gasteiger partial charge is 0.325 e. The average Bonchev–Trinajstić information content (AvgIpc) is 3.01. The van der Waals surface area contributed by atoms with E-state index in [-0.39, 0.29) is 19.0 Å². The first-order valence-corrected chi connectivity index (χ1v) is 7.18. The van der Waals surface area contributed by atoms with Crippen LogP contribution < -0.4 is 9.47 Å². The molecule has 8 nitrogen and oxygen atoms in total. The molecule has 25 heavy (non-hydrogen) atoms.